The minimum atomic E-state index is -0.222. The zero-order valence-electron chi connectivity index (χ0n) is 11.0. The Morgan fingerprint density at radius 2 is 1.67 bits per heavy atom. The third-order valence-corrected chi connectivity index (χ3v) is 3.76. The summed E-state index contributed by atoms with van der Waals surface area (Å²) in [5, 5.41) is 10.1. The molecule has 1 unspecified atom stereocenters. The molecule has 0 bridgehead atoms. The van der Waals surface area contributed by atoms with Crippen LogP contribution in [0.15, 0.2) is 0 Å². The highest BCUT2D eigenvalue weighted by atomic mass is 16.3. The summed E-state index contributed by atoms with van der Waals surface area (Å²) in [7, 11) is 0. The molecule has 0 spiro atoms. The van der Waals surface area contributed by atoms with E-state index in [-0.39, 0.29) is 11.5 Å². The monoisotopic (exact) mass is 213 g/mol. The van der Waals surface area contributed by atoms with Crippen LogP contribution < -0.4 is 0 Å². The quantitative estimate of drug-likeness (QED) is 0.762. The van der Waals surface area contributed by atoms with E-state index in [2.05, 4.69) is 39.5 Å². The Morgan fingerprint density at radius 1 is 1.20 bits per heavy atom. The maximum absolute atomic E-state index is 10.1. The normalized spacial score (nSPS) is 31.6. The Kier molecular flexibility index (Phi) is 4.19. The standard InChI is InChI=1S/C13H27NO/c1-10-7-6-8-11(2)14(10)9-12(15)13(3,4)5/h10-12,15H,6-9H2,1-5H3/t10-,11+,12?. The van der Waals surface area contributed by atoms with Gasteiger partial charge in [-0.3, -0.25) is 4.90 Å². The summed E-state index contributed by atoms with van der Waals surface area (Å²) in [6.07, 6.45) is 3.67. The predicted octanol–water partition coefficient (Wildman–Crippen LogP) is 2.66. The van der Waals surface area contributed by atoms with E-state index in [0.29, 0.717) is 12.1 Å². The number of hydrogen-bond donors (Lipinski definition) is 1. The van der Waals surface area contributed by atoms with E-state index >= 15 is 0 Å². The molecular weight excluding hydrogens is 186 g/mol. The number of aliphatic hydroxyl groups is 1. The Balaban J connectivity index is 2.55. The van der Waals surface area contributed by atoms with Crippen molar-refractivity contribution in [3.8, 4) is 0 Å². The lowest BCUT2D eigenvalue weighted by molar-refractivity contribution is -0.00790. The van der Waals surface area contributed by atoms with E-state index in [9.17, 15) is 5.11 Å². The molecule has 1 aliphatic rings. The van der Waals surface area contributed by atoms with Crippen LogP contribution in [-0.2, 0) is 0 Å². The van der Waals surface area contributed by atoms with Crippen LogP contribution >= 0.6 is 0 Å². The van der Waals surface area contributed by atoms with Crippen molar-refractivity contribution < 1.29 is 5.11 Å². The fraction of sp³-hybridized carbons (Fsp3) is 1.00. The smallest absolute Gasteiger partial charge is 0.0715 e. The Hall–Kier alpha value is -0.0800. The zero-order chi connectivity index (χ0) is 11.6. The number of hydrogen-bond acceptors (Lipinski definition) is 2. The Morgan fingerprint density at radius 3 is 2.07 bits per heavy atom. The molecule has 0 amide bonds. The zero-order valence-corrected chi connectivity index (χ0v) is 11.0. The van der Waals surface area contributed by atoms with Gasteiger partial charge in [-0.25, -0.2) is 0 Å². The first kappa shape index (κ1) is 13.0. The SMILES string of the molecule is C[C@@H]1CCC[C@H](C)N1CC(O)C(C)(C)C. The van der Waals surface area contributed by atoms with Crippen LogP contribution in [0.2, 0.25) is 0 Å². The summed E-state index contributed by atoms with van der Waals surface area (Å²) in [5.74, 6) is 0. The van der Waals surface area contributed by atoms with Crippen LogP contribution in [0.1, 0.15) is 53.9 Å². The average molecular weight is 213 g/mol. The van der Waals surface area contributed by atoms with Gasteiger partial charge in [0.05, 0.1) is 6.10 Å². The second kappa shape index (κ2) is 4.84. The molecule has 3 atom stereocenters. The molecular formula is C13H27NO. The lowest BCUT2D eigenvalue weighted by atomic mass is 9.87. The molecule has 1 heterocycles. The predicted molar refractivity (Wildman–Crippen MR) is 64.9 cm³/mol. The van der Waals surface area contributed by atoms with Gasteiger partial charge in [-0.1, -0.05) is 27.2 Å². The topological polar surface area (TPSA) is 23.5 Å². The molecule has 90 valence electrons. The van der Waals surface area contributed by atoms with Crippen molar-refractivity contribution in [2.45, 2.75) is 72.1 Å². The highest BCUT2D eigenvalue weighted by molar-refractivity contribution is 4.84. The van der Waals surface area contributed by atoms with Gasteiger partial charge in [-0.05, 0) is 32.1 Å². The van der Waals surface area contributed by atoms with E-state index in [1.54, 1.807) is 0 Å². The van der Waals surface area contributed by atoms with Crippen molar-refractivity contribution in [3.05, 3.63) is 0 Å². The van der Waals surface area contributed by atoms with Crippen molar-refractivity contribution in [2.75, 3.05) is 6.54 Å². The molecule has 1 fully saturated rings. The van der Waals surface area contributed by atoms with Crippen molar-refractivity contribution in [3.63, 3.8) is 0 Å². The summed E-state index contributed by atoms with van der Waals surface area (Å²) in [6, 6.07) is 1.26. The lowest BCUT2D eigenvalue weighted by Crippen LogP contribution is -2.49. The van der Waals surface area contributed by atoms with Crippen LogP contribution in [0.25, 0.3) is 0 Å². The van der Waals surface area contributed by atoms with Crippen LogP contribution in [0.4, 0.5) is 0 Å². The average Bonchev–Trinajstić information content (AvgIpc) is 2.09. The molecule has 2 heteroatoms. The molecule has 0 aliphatic carbocycles. The van der Waals surface area contributed by atoms with Crippen LogP contribution in [-0.4, -0.2) is 34.7 Å². The van der Waals surface area contributed by atoms with Gasteiger partial charge < -0.3 is 5.11 Å². The van der Waals surface area contributed by atoms with Gasteiger partial charge in [-0.15, -0.1) is 0 Å². The van der Waals surface area contributed by atoms with Crippen molar-refractivity contribution in [1.82, 2.24) is 4.90 Å². The van der Waals surface area contributed by atoms with E-state index < -0.39 is 0 Å². The molecule has 0 saturated carbocycles. The molecule has 2 nitrogen and oxygen atoms in total. The van der Waals surface area contributed by atoms with Crippen molar-refractivity contribution in [1.29, 1.82) is 0 Å². The number of β-amino-alcohol motifs (C(OH)–C–C–N with tert-alkyl or cyclic N) is 1. The van der Waals surface area contributed by atoms with Gasteiger partial charge in [0, 0.05) is 18.6 Å². The van der Waals surface area contributed by atoms with Crippen LogP contribution in [0, 0.1) is 5.41 Å². The maximum atomic E-state index is 10.1. The first-order valence-electron chi connectivity index (χ1n) is 6.26. The number of piperidine rings is 1. The summed E-state index contributed by atoms with van der Waals surface area (Å²) in [5.41, 5.74) is -0.00309. The highest BCUT2D eigenvalue weighted by Gasteiger charge is 2.30. The van der Waals surface area contributed by atoms with E-state index in [0.717, 1.165) is 6.54 Å². The van der Waals surface area contributed by atoms with Gasteiger partial charge in [0.25, 0.3) is 0 Å². The molecule has 1 rings (SSSR count). The van der Waals surface area contributed by atoms with Crippen LogP contribution in [0.5, 0.6) is 0 Å². The summed E-state index contributed by atoms with van der Waals surface area (Å²) in [6.45, 7) is 11.7. The fourth-order valence-electron chi connectivity index (χ4n) is 2.31. The first-order valence-corrected chi connectivity index (χ1v) is 6.26. The molecule has 0 aromatic carbocycles. The molecule has 0 radical (unpaired) electrons. The molecule has 1 saturated heterocycles. The number of aliphatic hydroxyl groups excluding tert-OH is 1. The molecule has 1 N–H and O–H groups in total. The number of rotatable bonds is 2. The Bertz CT molecular complexity index is 187. The van der Waals surface area contributed by atoms with E-state index in [1.165, 1.54) is 19.3 Å². The maximum Gasteiger partial charge on any atom is 0.0715 e. The van der Waals surface area contributed by atoms with Gasteiger partial charge in [0.1, 0.15) is 0 Å². The minimum absolute atomic E-state index is 0.00309. The molecule has 0 aromatic rings. The van der Waals surface area contributed by atoms with Crippen LogP contribution in [0.3, 0.4) is 0 Å². The van der Waals surface area contributed by atoms with Gasteiger partial charge in [0.2, 0.25) is 0 Å². The van der Waals surface area contributed by atoms with E-state index in [1.807, 2.05) is 0 Å². The summed E-state index contributed by atoms with van der Waals surface area (Å²) >= 11 is 0. The molecule has 1 aliphatic heterocycles. The first-order chi connectivity index (χ1) is 6.82. The van der Waals surface area contributed by atoms with Gasteiger partial charge in [0.15, 0.2) is 0 Å². The van der Waals surface area contributed by atoms with Gasteiger partial charge >= 0.3 is 0 Å². The summed E-state index contributed by atoms with van der Waals surface area (Å²) < 4.78 is 0. The largest absolute Gasteiger partial charge is 0.391 e. The van der Waals surface area contributed by atoms with Crippen molar-refractivity contribution >= 4 is 0 Å². The molecule has 0 aromatic heterocycles. The second-order valence-electron chi connectivity index (χ2n) is 6.21. The third-order valence-electron chi connectivity index (χ3n) is 3.76. The highest BCUT2D eigenvalue weighted by Crippen LogP contribution is 2.26. The van der Waals surface area contributed by atoms with E-state index in [4.69, 9.17) is 0 Å². The Labute approximate surface area is 94.7 Å². The third kappa shape index (κ3) is 3.46. The van der Waals surface area contributed by atoms with Crippen molar-refractivity contribution in [2.24, 2.45) is 5.41 Å². The number of nitrogens with zero attached hydrogens (tertiary/aromatic N) is 1. The van der Waals surface area contributed by atoms with Gasteiger partial charge in [-0.2, -0.15) is 0 Å². The lowest BCUT2D eigenvalue weighted by Gasteiger charge is -2.42. The fourth-order valence-corrected chi connectivity index (χ4v) is 2.31. The summed E-state index contributed by atoms with van der Waals surface area (Å²) in [4.78, 5) is 2.47. The number of likely N-dealkylation sites (tertiary alicyclic amines) is 1. The molecule has 15 heavy (non-hydrogen) atoms. The second-order valence-corrected chi connectivity index (χ2v) is 6.21. The minimum Gasteiger partial charge on any atom is -0.391 e.